The van der Waals surface area contributed by atoms with Crippen molar-refractivity contribution in [3.05, 3.63) is 158 Å². The Morgan fingerprint density at radius 2 is 1.42 bits per heavy atom. The number of imidazole rings is 1. The molecule has 0 amide bonds. The Hall–Kier alpha value is -6.11. The minimum absolute atomic E-state index is 0.632. The monoisotopic (exact) mass is 635 g/mol. The third-order valence-electron chi connectivity index (χ3n) is 8.94. The zero-order valence-corrected chi connectivity index (χ0v) is 27.0. The number of nitrogens with zero attached hydrogens (tertiary/aromatic N) is 5. The predicted molar refractivity (Wildman–Crippen MR) is 202 cm³/mol. The lowest BCUT2D eigenvalue weighted by atomic mass is 10.0. The Labute approximate surface area is 281 Å². The molecule has 5 aromatic carbocycles. The highest BCUT2D eigenvalue weighted by molar-refractivity contribution is 7.23. The van der Waals surface area contributed by atoms with E-state index in [1.165, 1.54) is 10.2 Å². The second kappa shape index (κ2) is 11.3. The molecule has 0 radical (unpaired) electrons. The molecule has 0 atom stereocenters. The molecule has 0 fully saturated rings. The summed E-state index contributed by atoms with van der Waals surface area (Å²) in [5.41, 5.74) is 10.3. The van der Waals surface area contributed by atoms with E-state index in [0.29, 0.717) is 5.95 Å². The van der Waals surface area contributed by atoms with Crippen LogP contribution in [0.3, 0.4) is 0 Å². The van der Waals surface area contributed by atoms with E-state index in [1.54, 1.807) is 17.4 Å². The Kier molecular flexibility index (Phi) is 6.62. The maximum Gasteiger partial charge on any atom is 0.235 e. The van der Waals surface area contributed by atoms with Crippen LogP contribution in [0.25, 0.3) is 81.9 Å². The van der Waals surface area contributed by atoms with E-state index in [0.717, 1.165) is 71.5 Å². The molecule has 0 unspecified atom stereocenters. The van der Waals surface area contributed by atoms with Gasteiger partial charge < -0.3 is 0 Å². The molecule has 9 aromatic rings. The van der Waals surface area contributed by atoms with Crippen molar-refractivity contribution in [1.82, 2.24) is 23.9 Å². The molecule has 0 spiro atoms. The summed E-state index contributed by atoms with van der Waals surface area (Å²) in [6.07, 6.45) is 7.86. The number of fused-ring (bicyclic) bond motifs is 7. The van der Waals surface area contributed by atoms with E-state index in [1.807, 2.05) is 31.2 Å². The van der Waals surface area contributed by atoms with Crippen LogP contribution in [0.1, 0.15) is 12.6 Å². The van der Waals surface area contributed by atoms with Gasteiger partial charge in [-0.15, -0.1) is 0 Å². The molecule has 5 nitrogen and oxygen atoms in total. The smallest absolute Gasteiger partial charge is 0.235 e. The third kappa shape index (κ3) is 4.34. The third-order valence-corrected chi connectivity index (χ3v) is 9.96. The van der Waals surface area contributed by atoms with Crippen LogP contribution < -0.4 is 0 Å². The minimum Gasteiger partial charge on any atom is -0.282 e. The van der Waals surface area contributed by atoms with E-state index < -0.39 is 0 Å². The lowest BCUT2D eigenvalue weighted by Gasteiger charge is -2.12. The van der Waals surface area contributed by atoms with Crippen molar-refractivity contribution in [2.75, 3.05) is 0 Å². The summed E-state index contributed by atoms with van der Waals surface area (Å²) in [6.45, 7) is 5.90. The summed E-state index contributed by atoms with van der Waals surface area (Å²) in [5.74, 6) is 0.632. The maximum atomic E-state index is 5.28. The summed E-state index contributed by atoms with van der Waals surface area (Å²) in [5, 5.41) is 3.27. The number of hydrogen-bond acceptors (Lipinski definition) is 4. The van der Waals surface area contributed by atoms with Crippen molar-refractivity contribution in [3.8, 4) is 28.5 Å². The molecule has 4 heterocycles. The van der Waals surface area contributed by atoms with Crippen LogP contribution in [-0.4, -0.2) is 23.9 Å². The fourth-order valence-corrected chi connectivity index (χ4v) is 7.81. The standard InChI is InChI=1S/C42H29N5S/c1-3-5-15-27(4-2)38-31-19-9-11-20-33(31)43-41(44-38)46-34-21-12-10-18-30(34)32-26-29(24-25-35(32)46)39-40(28-16-7-6-8-17-28)47-36-22-13-14-23-37(36)48-42(47)45-39/h3-26H,1H2,2H3/b15-5-,27-4+. The van der Waals surface area contributed by atoms with Gasteiger partial charge in [-0.3, -0.25) is 8.97 Å². The Bertz CT molecular complexity index is 2760. The van der Waals surface area contributed by atoms with Crippen LogP contribution in [0.15, 0.2) is 152 Å². The molecule has 4 aromatic heterocycles. The SMILES string of the molecule is C=C/C=C\C(=C/C)c1nc(-n2c3ccccc3c3cc(-c4nc5sc6ccccc6n5c4-c4ccccc4)ccc32)nc2ccccc12. The van der Waals surface area contributed by atoms with E-state index in [2.05, 4.69) is 131 Å². The van der Waals surface area contributed by atoms with Gasteiger partial charge in [-0.1, -0.05) is 127 Å². The van der Waals surface area contributed by atoms with Crippen molar-refractivity contribution in [2.45, 2.75) is 6.92 Å². The van der Waals surface area contributed by atoms with Crippen LogP contribution in [-0.2, 0) is 0 Å². The quantitative estimate of drug-likeness (QED) is 0.171. The zero-order valence-electron chi connectivity index (χ0n) is 26.2. The summed E-state index contributed by atoms with van der Waals surface area (Å²) in [4.78, 5) is 16.6. The minimum atomic E-state index is 0.632. The topological polar surface area (TPSA) is 48.0 Å². The summed E-state index contributed by atoms with van der Waals surface area (Å²) >= 11 is 1.72. The van der Waals surface area contributed by atoms with E-state index >= 15 is 0 Å². The van der Waals surface area contributed by atoms with Crippen LogP contribution in [0.2, 0.25) is 0 Å². The van der Waals surface area contributed by atoms with Crippen LogP contribution >= 0.6 is 11.3 Å². The van der Waals surface area contributed by atoms with E-state index in [4.69, 9.17) is 15.0 Å². The average molecular weight is 636 g/mol. The average Bonchev–Trinajstić information content (AvgIpc) is 3.80. The molecule has 0 aliphatic carbocycles. The maximum absolute atomic E-state index is 5.28. The fourth-order valence-electron chi connectivity index (χ4n) is 6.79. The van der Waals surface area contributed by atoms with Gasteiger partial charge in [-0.2, -0.15) is 0 Å². The van der Waals surface area contributed by atoms with Gasteiger partial charge in [0.15, 0.2) is 4.96 Å². The van der Waals surface area contributed by atoms with Crippen LogP contribution in [0.4, 0.5) is 0 Å². The molecule has 0 saturated heterocycles. The summed E-state index contributed by atoms with van der Waals surface area (Å²) < 4.78 is 5.71. The Morgan fingerprint density at radius 1 is 0.688 bits per heavy atom. The number of aromatic nitrogens is 5. The Morgan fingerprint density at radius 3 is 2.25 bits per heavy atom. The van der Waals surface area contributed by atoms with Crippen LogP contribution in [0, 0.1) is 0 Å². The van der Waals surface area contributed by atoms with Crippen molar-refractivity contribution >= 4 is 64.8 Å². The first kappa shape index (κ1) is 28.1. The highest BCUT2D eigenvalue weighted by Gasteiger charge is 2.22. The first-order valence-corrected chi connectivity index (χ1v) is 16.8. The van der Waals surface area contributed by atoms with Gasteiger partial charge in [0.05, 0.1) is 43.8 Å². The number of para-hydroxylation sites is 3. The predicted octanol–water partition coefficient (Wildman–Crippen LogP) is 11.1. The van der Waals surface area contributed by atoms with E-state index in [9.17, 15) is 0 Å². The molecular formula is C42H29N5S. The zero-order chi connectivity index (χ0) is 32.2. The van der Waals surface area contributed by atoms with Crippen LogP contribution in [0.5, 0.6) is 0 Å². The molecule has 6 heteroatoms. The van der Waals surface area contributed by atoms with E-state index in [-0.39, 0.29) is 0 Å². The number of thiazole rings is 1. The highest BCUT2D eigenvalue weighted by atomic mass is 32.1. The van der Waals surface area contributed by atoms with Gasteiger partial charge in [0.25, 0.3) is 0 Å². The molecule has 228 valence electrons. The van der Waals surface area contributed by atoms with Gasteiger partial charge >= 0.3 is 0 Å². The first-order valence-electron chi connectivity index (χ1n) is 16.0. The second-order valence-corrected chi connectivity index (χ2v) is 12.7. The lowest BCUT2D eigenvalue weighted by molar-refractivity contribution is 1.00. The fraction of sp³-hybridized carbons (Fsp3) is 0.0238. The molecular weight excluding hydrogens is 607 g/mol. The summed E-state index contributed by atoms with van der Waals surface area (Å²) in [7, 11) is 0. The van der Waals surface area contributed by atoms with Gasteiger partial charge in [0.1, 0.15) is 0 Å². The lowest BCUT2D eigenvalue weighted by Crippen LogP contribution is -2.04. The Balaban J connectivity index is 1.31. The second-order valence-electron chi connectivity index (χ2n) is 11.7. The number of benzene rings is 5. The number of rotatable bonds is 6. The largest absolute Gasteiger partial charge is 0.282 e. The van der Waals surface area contributed by atoms with Crippen molar-refractivity contribution < 1.29 is 0 Å². The van der Waals surface area contributed by atoms with Crippen molar-refractivity contribution in [2.24, 2.45) is 0 Å². The van der Waals surface area contributed by atoms with Gasteiger partial charge in [0.2, 0.25) is 5.95 Å². The molecule has 0 N–H and O–H groups in total. The van der Waals surface area contributed by atoms with Gasteiger partial charge in [0, 0.05) is 27.3 Å². The number of hydrogen-bond donors (Lipinski definition) is 0. The molecule has 0 saturated carbocycles. The molecule has 0 bridgehead atoms. The molecule has 0 aliphatic rings. The summed E-state index contributed by atoms with van der Waals surface area (Å²) in [6, 6.07) is 42.5. The molecule has 9 rings (SSSR count). The van der Waals surface area contributed by atoms with Gasteiger partial charge in [-0.25, -0.2) is 15.0 Å². The number of allylic oxidation sites excluding steroid dienone is 5. The highest BCUT2D eigenvalue weighted by Crippen LogP contribution is 2.41. The molecule has 48 heavy (non-hydrogen) atoms. The van der Waals surface area contributed by atoms with Gasteiger partial charge in [-0.05, 0) is 48.9 Å². The molecule has 0 aliphatic heterocycles. The first-order chi connectivity index (χ1) is 23.7. The van der Waals surface area contributed by atoms with Crippen molar-refractivity contribution in [3.63, 3.8) is 0 Å². The normalized spacial score (nSPS) is 12.4. The van der Waals surface area contributed by atoms with Crippen molar-refractivity contribution in [1.29, 1.82) is 0 Å².